The molecular formula is C67H91N7O15. The van der Waals surface area contributed by atoms with Crippen molar-refractivity contribution in [3.8, 4) is 54.3 Å². The van der Waals surface area contributed by atoms with Crippen LogP contribution in [0.4, 0.5) is 0 Å². The Labute approximate surface area is 524 Å². The molecule has 0 spiro atoms. The van der Waals surface area contributed by atoms with Crippen molar-refractivity contribution < 1.29 is 71.9 Å². The topological polar surface area (TPSA) is 296 Å². The molecule has 484 valence electrons. The van der Waals surface area contributed by atoms with Gasteiger partial charge in [-0.05, 0) is 106 Å². The van der Waals surface area contributed by atoms with Crippen LogP contribution in [0.2, 0.25) is 0 Å². The van der Waals surface area contributed by atoms with Crippen LogP contribution in [0, 0.1) is 37.0 Å². The van der Waals surface area contributed by atoms with Crippen LogP contribution >= 0.6 is 0 Å². The van der Waals surface area contributed by atoms with E-state index in [9.17, 15) is 38.4 Å². The van der Waals surface area contributed by atoms with Crippen LogP contribution in [0.15, 0.2) is 72.8 Å². The lowest BCUT2D eigenvalue weighted by Gasteiger charge is -2.34. The van der Waals surface area contributed by atoms with Crippen molar-refractivity contribution in [2.24, 2.45) is 0 Å². The van der Waals surface area contributed by atoms with Crippen molar-refractivity contribution in [3.63, 3.8) is 0 Å². The third kappa shape index (κ3) is 36.3. The number of carbonyl (C=O) groups excluding carboxylic acids is 7. The van der Waals surface area contributed by atoms with Crippen LogP contribution in [0.1, 0.15) is 153 Å². The molecule has 0 aliphatic carbocycles. The summed E-state index contributed by atoms with van der Waals surface area (Å²) in [7, 11) is 0. The van der Waals surface area contributed by atoms with Crippen molar-refractivity contribution >= 4 is 47.3 Å². The fourth-order valence-corrected chi connectivity index (χ4v) is 8.68. The molecule has 0 saturated heterocycles. The molecule has 7 amide bonds. The van der Waals surface area contributed by atoms with Crippen molar-refractivity contribution in [1.29, 1.82) is 0 Å². The highest BCUT2D eigenvalue weighted by Gasteiger charge is 2.34. The fraction of sp³-hybridized carbons (Fsp3) is 0.522. The Bertz CT molecular complexity index is 2500. The molecule has 0 aromatic heterocycles. The minimum atomic E-state index is -1.31. The molecule has 0 atom stereocenters. The number of carbonyl (C=O) groups is 8. The molecular weight excluding hydrogens is 1140 g/mol. The summed E-state index contributed by atoms with van der Waals surface area (Å²) < 4.78 is 34.5. The number of hydrogen-bond acceptors (Lipinski definition) is 14. The molecule has 0 radical (unpaired) electrons. The number of carboxylic acid groups (broad SMARTS) is 1. The van der Waals surface area contributed by atoms with Gasteiger partial charge in [-0.1, -0.05) is 74.5 Å². The van der Waals surface area contributed by atoms with Gasteiger partial charge in [-0.25, -0.2) is 0 Å². The Morgan fingerprint density at radius 3 is 1.00 bits per heavy atom. The molecule has 89 heavy (non-hydrogen) atoms. The Kier molecular flexibility index (Phi) is 39.8. The smallest absolute Gasteiger partial charge is 0.303 e. The summed E-state index contributed by atoms with van der Waals surface area (Å²) in [4.78, 5) is 101. The first-order chi connectivity index (χ1) is 43.3. The van der Waals surface area contributed by atoms with E-state index in [1.165, 1.54) is 0 Å². The van der Waals surface area contributed by atoms with Gasteiger partial charge in [0.05, 0.1) is 39.6 Å². The standard InChI is InChI=1S/C67H91N7O15/c1-4-41-87-56-27-21-24-53(47-56)64(81)71-38-18-15-35-68-59(75)32-44-84-50-67(74-62(78)30-13-11-9-7-8-10-12-14-31-63(79)80,51-85-45-33-60(76)69-36-16-19-39-72-65(82)54-25-22-28-57(48-54)88-42-5-2)52-86-46-34-61(77)70-37-17-20-40-73-66(83)55-26-23-29-58(49-55)89-43-6-3/h1-3,21-29,47-49H,7-20,30-46,50-52H2,(H,68,75)(H,69,76)(H,70,77)(H,71,81)(H,72,82)(H,73,83)(H,74,78)(H,79,80). The number of amides is 7. The molecule has 0 fully saturated rings. The lowest BCUT2D eigenvalue weighted by atomic mass is 10.0. The number of benzene rings is 3. The molecule has 22 heteroatoms. The summed E-state index contributed by atoms with van der Waals surface area (Å²) in [6.07, 6.45) is 26.4. The van der Waals surface area contributed by atoms with Gasteiger partial charge in [0.15, 0.2) is 0 Å². The zero-order chi connectivity index (χ0) is 64.4. The zero-order valence-electron chi connectivity index (χ0n) is 51.4. The number of hydrogen-bond donors (Lipinski definition) is 8. The number of unbranched alkanes of at least 4 members (excludes halogenated alkanes) is 10. The molecule has 0 aliphatic heterocycles. The van der Waals surface area contributed by atoms with E-state index in [0.29, 0.717) is 125 Å². The number of carboxylic acids is 1. The average molecular weight is 1230 g/mol. The fourth-order valence-electron chi connectivity index (χ4n) is 8.68. The summed E-state index contributed by atoms with van der Waals surface area (Å²) in [5, 5.41) is 29.2. The van der Waals surface area contributed by atoms with Gasteiger partial charge in [-0.15, -0.1) is 19.3 Å². The molecule has 0 unspecified atom stereocenters. The van der Waals surface area contributed by atoms with Gasteiger partial charge in [-0.2, -0.15) is 0 Å². The van der Waals surface area contributed by atoms with Crippen LogP contribution in [0.25, 0.3) is 0 Å². The predicted octanol–water partition coefficient (Wildman–Crippen LogP) is 6.06. The summed E-state index contributed by atoms with van der Waals surface area (Å²) in [6, 6.07) is 20.1. The molecule has 3 aromatic carbocycles. The Morgan fingerprint density at radius 1 is 0.382 bits per heavy atom. The lowest BCUT2D eigenvalue weighted by molar-refractivity contribution is -0.137. The first kappa shape index (κ1) is 74.6. The van der Waals surface area contributed by atoms with Crippen LogP contribution < -0.4 is 51.4 Å². The van der Waals surface area contributed by atoms with E-state index in [0.717, 1.165) is 38.5 Å². The van der Waals surface area contributed by atoms with E-state index in [1.807, 2.05) is 0 Å². The highest BCUT2D eigenvalue weighted by atomic mass is 16.5. The highest BCUT2D eigenvalue weighted by molar-refractivity contribution is 5.95. The zero-order valence-corrected chi connectivity index (χ0v) is 51.4. The molecule has 0 bridgehead atoms. The van der Waals surface area contributed by atoms with E-state index >= 15 is 0 Å². The summed E-state index contributed by atoms with van der Waals surface area (Å²) in [5.74, 6) is 5.94. The van der Waals surface area contributed by atoms with Crippen molar-refractivity contribution in [2.45, 2.75) is 128 Å². The van der Waals surface area contributed by atoms with Gasteiger partial charge in [0.25, 0.3) is 17.7 Å². The van der Waals surface area contributed by atoms with Crippen LogP contribution in [0.5, 0.6) is 17.2 Å². The van der Waals surface area contributed by atoms with Gasteiger partial charge >= 0.3 is 5.97 Å². The van der Waals surface area contributed by atoms with Crippen LogP contribution in [-0.2, 0) is 38.2 Å². The second kappa shape index (κ2) is 47.4. The third-order valence-corrected chi connectivity index (χ3v) is 13.4. The third-order valence-electron chi connectivity index (χ3n) is 13.4. The first-order valence-corrected chi connectivity index (χ1v) is 30.7. The maximum absolute atomic E-state index is 13.8. The van der Waals surface area contributed by atoms with Gasteiger partial charge in [0.2, 0.25) is 23.6 Å². The van der Waals surface area contributed by atoms with Gasteiger partial charge in [0.1, 0.15) is 42.6 Å². The minimum Gasteiger partial charge on any atom is -0.481 e. The molecule has 3 rings (SSSR count). The van der Waals surface area contributed by atoms with Crippen molar-refractivity contribution in [3.05, 3.63) is 89.5 Å². The highest BCUT2D eigenvalue weighted by Crippen LogP contribution is 2.17. The van der Waals surface area contributed by atoms with E-state index in [1.54, 1.807) is 72.8 Å². The number of terminal acetylenes is 3. The molecule has 0 heterocycles. The maximum Gasteiger partial charge on any atom is 0.303 e. The first-order valence-electron chi connectivity index (χ1n) is 30.7. The summed E-state index contributed by atoms with van der Waals surface area (Å²) in [5.41, 5.74) is -0.0155. The molecule has 0 saturated carbocycles. The van der Waals surface area contributed by atoms with E-state index in [-0.39, 0.29) is 133 Å². The Hall–Kier alpha value is -8.62. The summed E-state index contributed by atoms with van der Waals surface area (Å²) in [6.45, 7) is 1.97. The average Bonchev–Trinajstić information content (AvgIpc) is 3.53. The normalized spacial score (nSPS) is 10.7. The minimum absolute atomic E-state index is 0.00671. The van der Waals surface area contributed by atoms with Gasteiger partial charge in [-0.3, -0.25) is 38.4 Å². The van der Waals surface area contributed by atoms with Gasteiger partial charge < -0.3 is 70.7 Å². The Morgan fingerprint density at radius 2 is 0.685 bits per heavy atom. The van der Waals surface area contributed by atoms with E-state index in [4.69, 9.17) is 52.8 Å². The lowest BCUT2D eigenvalue weighted by Crippen LogP contribution is -2.58. The molecule has 0 aliphatic rings. The number of aliphatic carboxylic acids is 1. The van der Waals surface area contributed by atoms with Gasteiger partial charge in [0, 0.05) is 88.1 Å². The SMILES string of the molecule is C#CCOc1cccc(C(=O)NCCCCNC(=O)CCOCC(COCCC(=O)NCCCCNC(=O)c2cccc(OCC#C)c2)(COCCC(=O)NCCCCNC(=O)c2cccc(OCC#C)c2)NC(=O)CCCCCCCCCCC(=O)O)c1. The predicted molar refractivity (Wildman–Crippen MR) is 337 cm³/mol. The number of ether oxygens (including phenoxy) is 6. The number of nitrogens with one attached hydrogen (secondary N) is 7. The largest absolute Gasteiger partial charge is 0.481 e. The maximum atomic E-state index is 13.8. The molecule has 22 nitrogen and oxygen atoms in total. The van der Waals surface area contributed by atoms with Crippen molar-refractivity contribution in [2.75, 3.05) is 98.7 Å². The van der Waals surface area contributed by atoms with Crippen molar-refractivity contribution in [1.82, 2.24) is 37.2 Å². The van der Waals surface area contributed by atoms with E-state index < -0.39 is 11.5 Å². The molecule has 8 N–H and O–H groups in total. The second-order valence-corrected chi connectivity index (χ2v) is 21.0. The van der Waals surface area contributed by atoms with Crippen LogP contribution in [-0.4, -0.2) is 157 Å². The van der Waals surface area contributed by atoms with E-state index in [2.05, 4.69) is 55.0 Å². The van der Waals surface area contributed by atoms with Crippen LogP contribution in [0.3, 0.4) is 0 Å². The quantitative estimate of drug-likeness (QED) is 0.0235. The monoisotopic (exact) mass is 1230 g/mol. The molecule has 3 aromatic rings. The summed E-state index contributed by atoms with van der Waals surface area (Å²) >= 11 is 0. The second-order valence-electron chi connectivity index (χ2n) is 21.0. The number of rotatable bonds is 51. The Balaban J connectivity index is 1.57.